The molecule has 1 amide bonds. The van der Waals surface area contributed by atoms with Crippen molar-refractivity contribution in [1.29, 1.82) is 0 Å². The van der Waals surface area contributed by atoms with E-state index in [1.165, 1.54) is 12.1 Å². The predicted octanol–water partition coefficient (Wildman–Crippen LogP) is 3.63. The van der Waals surface area contributed by atoms with Gasteiger partial charge in [0.05, 0.1) is 13.2 Å². The van der Waals surface area contributed by atoms with Crippen LogP contribution in [0.5, 0.6) is 11.5 Å². The molecule has 0 saturated carbocycles. The van der Waals surface area contributed by atoms with Crippen LogP contribution in [0.1, 0.15) is 22.0 Å². The average molecular weight is 382 g/mol. The molecule has 8 heteroatoms. The molecule has 1 atom stereocenters. The Hall–Kier alpha value is -2.74. The number of halogens is 3. The van der Waals surface area contributed by atoms with Gasteiger partial charge in [0.25, 0.3) is 5.91 Å². The Morgan fingerprint density at radius 3 is 2.33 bits per heavy atom. The summed E-state index contributed by atoms with van der Waals surface area (Å²) in [5.41, 5.74) is 1.21. The molecule has 0 aliphatic heterocycles. The van der Waals surface area contributed by atoms with E-state index in [1.807, 2.05) is 43.3 Å². The molecule has 0 heterocycles. The van der Waals surface area contributed by atoms with Gasteiger partial charge in [-0.3, -0.25) is 4.79 Å². The Bertz CT molecular complexity index is 762. The van der Waals surface area contributed by atoms with Gasteiger partial charge < -0.3 is 19.7 Å². The molecular weight excluding hydrogens is 361 g/mol. The third-order valence-corrected chi connectivity index (χ3v) is 3.91. The molecule has 0 fully saturated rings. The summed E-state index contributed by atoms with van der Waals surface area (Å²) in [6.07, 6.45) is -4.76. The lowest BCUT2D eigenvalue weighted by Gasteiger charge is -2.25. The van der Waals surface area contributed by atoms with E-state index in [0.717, 1.165) is 17.7 Å². The fourth-order valence-electron chi connectivity index (χ4n) is 2.55. The third-order valence-electron chi connectivity index (χ3n) is 3.91. The van der Waals surface area contributed by atoms with Gasteiger partial charge in [-0.1, -0.05) is 12.1 Å². The minimum Gasteiger partial charge on any atom is -0.497 e. The number of benzene rings is 2. The summed E-state index contributed by atoms with van der Waals surface area (Å²) in [7, 11) is 5.36. The maximum absolute atomic E-state index is 12.3. The molecule has 0 radical (unpaired) electrons. The SMILES string of the molecule is COc1cccc(C(CNC(=O)c2ccc(OC(F)(F)F)cc2)N(C)C)c1. The van der Waals surface area contributed by atoms with Crippen LogP contribution in [0.15, 0.2) is 48.5 Å². The highest BCUT2D eigenvalue weighted by atomic mass is 19.4. The summed E-state index contributed by atoms with van der Waals surface area (Å²) in [4.78, 5) is 14.3. The second-order valence-electron chi connectivity index (χ2n) is 6.04. The summed E-state index contributed by atoms with van der Waals surface area (Å²) >= 11 is 0. The quantitative estimate of drug-likeness (QED) is 0.795. The molecule has 1 N–H and O–H groups in total. The zero-order valence-electron chi connectivity index (χ0n) is 15.2. The smallest absolute Gasteiger partial charge is 0.497 e. The average Bonchev–Trinajstić information content (AvgIpc) is 2.61. The molecule has 1 unspecified atom stereocenters. The Labute approximate surface area is 155 Å². The van der Waals surface area contributed by atoms with Crippen molar-refractivity contribution in [2.45, 2.75) is 12.4 Å². The van der Waals surface area contributed by atoms with Crippen molar-refractivity contribution in [1.82, 2.24) is 10.2 Å². The van der Waals surface area contributed by atoms with E-state index in [1.54, 1.807) is 7.11 Å². The van der Waals surface area contributed by atoms with E-state index in [0.29, 0.717) is 12.3 Å². The van der Waals surface area contributed by atoms with Crippen molar-refractivity contribution in [3.05, 3.63) is 59.7 Å². The molecule has 0 spiro atoms. The summed E-state index contributed by atoms with van der Waals surface area (Å²) in [5, 5.41) is 2.80. The fraction of sp³-hybridized carbons (Fsp3) is 0.316. The Balaban J connectivity index is 2.03. The molecule has 2 aromatic carbocycles. The van der Waals surface area contributed by atoms with Gasteiger partial charge in [0.2, 0.25) is 0 Å². The molecule has 146 valence electrons. The first-order valence-corrected chi connectivity index (χ1v) is 8.14. The zero-order chi connectivity index (χ0) is 20.0. The van der Waals surface area contributed by atoms with E-state index in [-0.39, 0.29) is 23.3 Å². The van der Waals surface area contributed by atoms with Crippen molar-refractivity contribution < 1.29 is 27.4 Å². The van der Waals surface area contributed by atoms with Crippen LogP contribution in [0.4, 0.5) is 13.2 Å². The highest BCUT2D eigenvalue weighted by molar-refractivity contribution is 5.94. The molecule has 5 nitrogen and oxygen atoms in total. The topological polar surface area (TPSA) is 50.8 Å². The number of hydrogen-bond donors (Lipinski definition) is 1. The van der Waals surface area contributed by atoms with Gasteiger partial charge in [0.15, 0.2) is 0 Å². The van der Waals surface area contributed by atoms with E-state index < -0.39 is 6.36 Å². The van der Waals surface area contributed by atoms with Crippen LogP contribution in [0.2, 0.25) is 0 Å². The van der Waals surface area contributed by atoms with E-state index >= 15 is 0 Å². The molecule has 0 aliphatic rings. The molecule has 0 aromatic heterocycles. The highest BCUT2D eigenvalue weighted by Crippen LogP contribution is 2.24. The third kappa shape index (κ3) is 6.18. The number of alkyl halides is 3. The lowest BCUT2D eigenvalue weighted by molar-refractivity contribution is -0.274. The molecule has 2 aromatic rings. The van der Waals surface area contributed by atoms with Crippen molar-refractivity contribution in [2.24, 2.45) is 0 Å². The number of nitrogens with zero attached hydrogens (tertiary/aromatic N) is 1. The van der Waals surface area contributed by atoms with Crippen LogP contribution in [0, 0.1) is 0 Å². The van der Waals surface area contributed by atoms with Gasteiger partial charge >= 0.3 is 6.36 Å². The van der Waals surface area contributed by atoms with Gasteiger partial charge in [-0.15, -0.1) is 13.2 Å². The van der Waals surface area contributed by atoms with Crippen molar-refractivity contribution in [2.75, 3.05) is 27.7 Å². The first kappa shape index (κ1) is 20.6. The van der Waals surface area contributed by atoms with Gasteiger partial charge in [-0.2, -0.15) is 0 Å². The van der Waals surface area contributed by atoms with Gasteiger partial charge in [0, 0.05) is 12.1 Å². The summed E-state index contributed by atoms with van der Waals surface area (Å²) in [6.45, 7) is 0.319. The molecule has 0 bridgehead atoms. The maximum atomic E-state index is 12.3. The first-order valence-electron chi connectivity index (χ1n) is 8.14. The van der Waals surface area contributed by atoms with Crippen LogP contribution in [-0.4, -0.2) is 44.9 Å². The van der Waals surface area contributed by atoms with Gasteiger partial charge in [-0.25, -0.2) is 0 Å². The number of likely N-dealkylation sites (N-methyl/N-ethyl adjacent to an activating group) is 1. The number of hydrogen-bond acceptors (Lipinski definition) is 4. The lowest BCUT2D eigenvalue weighted by atomic mass is 10.1. The summed E-state index contributed by atoms with van der Waals surface area (Å²) in [6, 6.07) is 12.2. The highest BCUT2D eigenvalue weighted by Gasteiger charge is 2.31. The molecular formula is C19H21F3N2O3. The number of amides is 1. The Kier molecular flexibility index (Phi) is 6.68. The largest absolute Gasteiger partial charge is 0.573 e. The molecule has 0 aliphatic carbocycles. The van der Waals surface area contributed by atoms with Crippen LogP contribution in [-0.2, 0) is 0 Å². The Morgan fingerprint density at radius 1 is 1.11 bits per heavy atom. The minimum absolute atomic E-state index is 0.100. The molecule has 2 rings (SSSR count). The molecule has 0 saturated heterocycles. The number of rotatable bonds is 7. The van der Waals surface area contributed by atoms with E-state index in [4.69, 9.17) is 4.74 Å². The summed E-state index contributed by atoms with van der Waals surface area (Å²) in [5.74, 6) is -0.0455. The minimum atomic E-state index is -4.76. The number of methoxy groups -OCH3 is 1. The lowest BCUT2D eigenvalue weighted by Crippen LogP contribution is -2.34. The fourth-order valence-corrected chi connectivity index (χ4v) is 2.55. The van der Waals surface area contributed by atoms with Crippen molar-refractivity contribution in [3.8, 4) is 11.5 Å². The maximum Gasteiger partial charge on any atom is 0.573 e. The van der Waals surface area contributed by atoms with Crippen LogP contribution in [0.3, 0.4) is 0 Å². The van der Waals surface area contributed by atoms with Gasteiger partial charge in [0.1, 0.15) is 11.5 Å². The van der Waals surface area contributed by atoms with Crippen molar-refractivity contribution in [3.63, 3.8) is 0 Å². The second kappa shape index (κ2) is 8.77. The second-order valence-corrected chi connectivity index (χ2v) is 6.04. The Morgan fingerprint density at radius 2 is 1.78 bits per heavy atom. The zero-order valence-corrected chi connectivity index (χ0v) is 15.2. The first-order chi connectivity index (χ1) is 12.7. The normalized spacial score (nSPS) is 12.6. The monoisotopic (exact) mass is 382 g/mol. The number of carbonyl (C=O) groups is 1. The van der Waals surface area contributed by atoms with Crippen LogP contribution >= 0.6 is 0 Å². The number of nitrogens with one attached hydrogen (secondary N) is 1. The number of ether oxygens (including phenoxy) is 2. The van der Waals surface area contributed by atoms with Crippen LogP contribution in [0.25, 0.3) is 0 Å². The van der Waals surface area contributed by atoms with Crippen molar-refractivity contribution >= 4 is 5.91 Å². The van der Waals surface area contributed by atoms with E-state index in [9.17, 15) is 18.0 Å². The predicted molar refractivity (Wildman–Crippen MR) is 94.9 cm³/mol. The van der Waals surface area contributed by atoms with Crippen LogP contribution < -0.4 is 14.8 Å². The molecule has 27 heavy (non-hydrogen) atoms. The standard InChI is InChI=1S/C19H21F3N2O3/c1-24(2)17(14-5-4-6-16(11-14)26-3)12-23-18(25)13-7-9-15(10-8-13)27-19(20,21)22/h4-11,17H,12H2,1-3H3,(H,23,25). The van der Waals surface area contributed by atoms with Gasteiger partial charge in [-0.05, 0) is 56.1 Å². The summed E-state index contributed by atoms with van der Waals surface area (Å²) < 4.78 is 45.6. The van der Waals surface area contributed by atoms with E-state index in [2.05, 4.69) is 10.1 Å². The number of carbonyl (C=O) groups excluding carboxylic acids is 1.